The number of allylic oxidation sites excluding steroid dienone is 17. The minimum atomic E-state index is -5.40. The van der Waals surface area contributed by atoms with Crippen LogP contribution in [0.1, 0.15) is 170 Å². The summed E-state index contributed by atoms with van der Waals surface area (Å²) >= 11 is 0. The summed E-state index contributed by atoms with van der Waals surface area (Å²) in [5.41, 5.74) is -1.000. The van der Waals surface area contributed by atoms with Crippen LogP contribution in [0.25, 0.3) is 11.1 Å². The van der Waals surface area contributed by atoms with E-state index >= 15 is 0 Å². The first-order valence-electron chi connectivity index (χ1n) is 35.9. The van der Waals surface area contributed by atoms with Crippen molar-refractivity contribution >= 4 is 64.3 Å². The van der Waals surface area contributed by atoms with Crippen LogP contribution in [0.3, 0.4) is 0 Å². The molecule has 0 atom stereocenters. The summed E-state index contributed by atoms with van der Waals surface area (Å²) in [4.78, 5) is 96.9. The maximum absolute atomic E-state index is 12.1. The number of hydrogen-bond acceptors (Lipinski definition) is 25. The summed E-state index contributed by atoms with van der Waals surface area (Å²) in [5, 5.41) is 83.4. The number of Topliss-reactive ketones (excluding diaryl/α,β-unsaturated/α-hetero) is 3. The Morgan fingerprint density at radius 2 is 0.690 bits per heavy atom. The first kappa shape index (κ1) is 131. The fourth-order valence-corrected chi connectivity index (χ4v) is 6.87. The SMILES string of the molecule is C/C(C#N)=C(/C)C#N.C/C(C#N)=C(\C#N)c1ccccc1.C/C=C(/C#N)C(=O)OC.C/C=C(/C#N)C(C)=O.C/C=C(/C(=O)OC)C(F)(F)F.C/C=C(\C#N)c1ccccc1.CC.CC.CC.CC(C)=C(C#N)C#N.CC=C(C(=O)OC)C(=O)OC.CC=C1C(=O)c2ccccc2C1=O.COC(=O)/C(=C(/C)C(F)(F)F)C(F)(F)F.COC(=O)/C(C#N)=C(/C)C(F)(F)F. The number of hydrogen-bond donors (Lipinski definition) is 0. The molecule has 0 spiro atoms. The fraction of sp³-hybridized carbons (Fsp3) is 0.337. The van der Waals surface area contributed by atoms with Crippen LogP contribution in [-0.2, 0) is 62.0 Å². The van der Waals surface area contributed by atoms with E-state index in [1.807, 2.05) is 139 Å². The number of ketones is 3. The number of alkyl halides is 12. The van der Waals surface area contributed by atoms with E-state index < -0.39 is 88.4 Å². The molecule has 0 aliphatic heterocycles. The minimum Gasteiger partial charge on any atom is -0.465 e. The van der Waals surface area contributed by atoms with Gasteiger partial charge in [0.05, 0.1) is 94.8 Å². The lowest BCUT2D eigenvalue weighted by Crippen LogP contribution is -2.27. The molecular weight excluding hydrogens is 1680 g/mol. The van der Waals surface area contributed by atoms with Crippen molar-refractivity contribution in [3.63, 3.8) is 0 Å². The zero-order chi connectivity index (χ0) is 101. The number of carbonyl (C=O) groups is 9. The van der Waals surface area contributed by atoms with Gasteiger partial charge in [-0.15, -0.1) is 0 Å². The number of benzene rings is 3. The molecule has 37 heteroatoms. The average Bonchev–Trinajstić information content (AvgIpc) is 1.61. The lowest BCUT2D eigenvalue weighted by molar-refractivity contribution is -0.152. The topological polar surface area (TPSA) is 447 Å². The maximum Gasteiger partial charge on any atom is 0.423 e. The van der Waals surface area contributed by atoms with Crippen LogP contribution in [0.4, 0.5) is 52.7 Å². The van der Waals surface area contributed by atoms with Crippen LogP contribution < -0.4 is 0 Å². The van der Waals surface area contributed by atoms with E-state index in [1.54, 1.807) is 117 Å². The highest BCUT2D eigenvalue weighted by Gasteiger charge is 2.48. The van der Waals surface area contributed by atoms with E-state index in [2.05, 4.69) is 34.5 Å². The number of nitrogens with zero attached hydrogens (tertiary/aromatic N) is 10. The number of halogens is 12. The highest BCUT2D eigenvalue weighted by Crippen LogP contribution is 2.37. The van der Waals surface area contributed by atoms with E-state index in [0.717, 1.165) is 49.5 Å². The summed E-state index contributed by atoms with van der Waals surface area (Å²) in [6.45, 7) is 32.1. The van der Waals surface area contributed by atoms with Crippen LogP contribution >= 0.6 is 0 Å². The average molecular weight is 1780 g/mol. The van der Waals surface area contributed by atoms with Gasteiger partial charge in [0, 0.05) is 33.4 Å². The third-order valence-electron chi connectivity index (χ3n) is 13.5. The van der Waals surface area contributed by atoms with Crippen LogP contribution in [0, 0.1) is 113 Å². The van der Waals surface area contributed by atoms with Gasteiger partial charge in [-0.25, -0.2) is 28.8 Å². The molecule has 1 aliphatic rings. The Balaban J connectivity index is -0.000000147. The van der Waals surface area contributed by atoms with Gasteiger partial charge in [-0.2, -0.15) is 105 Å². The van der Waals surface area contributed by atoms with Gasteiger partial charge in [-0.05, 0) is 114 Å². The van der Waals surface area contributed by atoms with Gasteiger partial charge in [-0.1, -0.05) is 163 Å². The lowest BCUT2D eigenvalue weighted by Gasteiger charge is -2.15. The molecule has 0 saturated heterocycles. The Morgan fingerprint density at radius 1 is 0.341 bits per heavy atom. The predicted molar refractivity (Wildman–Crippen MR) is 442 cm³/mol. The summed E-state index contributed by atoms with van der Waals surface area (Å²) < 4.78 is 168. The summed E-state index contributed by atoms with van der Waals surface area (Å²) in [6.07, 6.45) is -11.6. The molecule has 0 N–H and O–H groups in total. The van der Waals surface area contributed by atoms with Crippen molar-refractivity contribution < 1.29 is 124 Å². The molecule has 0 radical (unpaired) electrons. The van der Waals surface area contributed by atoms with Crippen molar-refractivity contribution in [1.29, 1.82) is 52.6 Å². The summed E-state index contributed by atoms with van der Waals surface area (Å²) in [7, 11) is 6.02. The Morgan fingerprint density at radius 3 is 0.889 bits per heavy atom. The van der Waals surface area contributed by atoms with E-state index in [1.165, 1.54) is 46.5 Å². The number of rotatable bonds is 9. The van der Waals surface area contributed by atoms with Crippen molar-refractivity contribution in [2.45, 2.75) is 163 Å². The molecule has 0 unspecified atom stereocenters. The monoisotopic (exact) mass is 1770 g/mol. The molecule has 0 bridgehead atoms. The van der Waals surface area contributed by atoms with Crippen molar-refractivity contribution in [3.05, 3.63) is 222 Å². The third-order valence-corrected chi connectivity index (χ3v) is 13.5. The van der Waals surface area contributed by atoms with Gasteiger partial charge < -0.3 is 28.4 Å². The van der Waals surface area contributed by atoms with Crippen molar-refractivity contribution in [3.8, 4) is 60.7 Å². The predicted octanol–water partition coefficient (Wildman–Crippen LogP) is 20.7. The molecule has 1 aliphatic carbocycles. The van der Waals surface area contributed by atoms with Crippen molar-refractivity contribution in [2.24, 2.45) is 0 Å². The number of ether oxygens (including phenoxy) is 6. The van der Waals surface area contributed by atoms with Crippen molar-refractivity contribution in [2.75, 3.05) is 42.7 Å². The van der Waals surface area contributed by atoms with Crippen LogP contribution in [0.5, 0.6) is 0 Å². The van der Waals surface area contributed by atoms with E-state index in [4.69, 9.17) is 52.6 Å². The molecular formula is C89H98F12N10O15. The Hall–Kier alpha value is -15.3. The highest BCUT2D eigenvalue weighted by atomic mass is 19.4. The maximum atomic E-state index is 12.1. The minimum absolute atomic E-state index is 0.0394. The smallest absolute Gasteiger partial charge is 0.423 e. The molecule has 3 aromatic carbocycles. The number of fused-ring (bicyclic) bond motifs is 1. The van der Waals surface area contributed by atoms with E-state index in [0.29, 0.717) is 59.1 Å². The molecule has 25 nitrogen and oxygen atoms in total. The molecule has 0 amide bonds. The fourth-order valence-electron chi connectivity index (χ4n) is 6.87. The summed E-state index contributed by atoms with van der Waals surface area (Å²) in [5.74, 6) is -7.12. The van der Waals surface area contributed by atoms with Gasteiger partial charge in [0.25, 0.3) is 0 Å². The molecule has 126 heavy (non-hydrogen) atoms. The number of esters is 6. The normalized spacial score (nSPS) is 11.2. The highest BCUT2D eigenvalue weighted by molar-refractivity contribution is 6.39. The second-order valence-electron chi connectivity index (χ2n) is 21.4. The number of carbonyl (C=O) groups excluding carboxylic acids is 9. The largest absolute Gasteiger partial charge is 0.465 e. The quantitative estimate of drug-likeness (QED) is 0.0365. The van der Waals surface area contributed by atoms with Gasteiger partial charge in [0.2, 0.25) is 0 Å². The number of nitriles is 10. The van der Waals surface area contributed by atoms with Crippen LogP contribution in [0.2, 0.25) is 0 Å². The van der Waals surface area contributed by atoms with E-state index in [9.17, 15) is 95.8 Å². The third kappa shape index (κ3) is 54.8. The second-order valence-corrected chi connectivity index (χ2v) is 21.4. The molecule has 4 rings (SSSR count). The molecule has 3 aromatic rings. The van der Waals surface area contributed by atoms with Crippen LogP contribution in [0.15, 0.2) is 199 Å². The van der Waals surface area contributed by atoms with Gasteiger partial charge in [-0.3, -0.25) is 14.4 Å². The first-order chi connectivity index (χ1) is 58.8. The van der Waals surface area contributed by atoms with E-state index in [-0.39, 0.29) is 46.6 Å². The van der Waals surface area contributed by atoms with Gasteiger partial charge in [0.15, 0.2) is 17.3 Å². The molecule has 678 valence electrons. The standard InChI is InChI=1S/C11H8N2.C11H8O2.C10H9N.C7H6F6O2.C7H6F3NO2.C7H10O4.C6H7F3O2.2C6H6N2.C6H7NO2.C6H7NO.3C2H6/c1-9(7-12)11(8-13)10-5-3-2-4-6-10;1-2-7-10(12)8-5-3-4-6-9(8)11(7)13;1-2-9(8-11)10-6-4-3-5-7-10;1-3(6(8,9)10)4(5(14)15-2)7(11,12)13;1-4(7(8,9)10)5(3-11)6(12)13-2;1-4-5(6(8)10-2)7(9)11-3;1-3-4(5(10)11-2)6(7,8)9;1-5(3-7)6(2)4-8;1-5(2)6(3-7)4-8;1-3-5(4-7)6(8)9-2;1-3-6(4-7)5(2)8;3*1-2/h2*2-6H,1H3;2-7H,1H3;1-2H3;1-2H3;4H,1-3H3;3H,1-2H3;2*1-2H3;3H,1-2H3;3H,1-2H3;3*1-2H3/b11-9-;;9-2+;4-3+;5-4-;;4-3-;6-5+;;5-3-;6-3-;;;. The van der Waals surface area contributed by atoms with Gasteiger partial charge >= 0.3 is 60.5 Å². The molecule has 0 saturated carbocycles. The van der Waals surface area contributed by atoms with Crippen molar-refractivity contribution in [1.82, 2.24) is 0 Å². The Kier molecular flexibility index (Phi) is 77.9. The summed E-state index contributed by atoms with van der Waals surface area (Å²) in [6, 6.07) is 43.8. The zero-order valence-corrected chi connectivity index (χ0v) is 74.2. The van der Waals surface area contributed by atoms with Gasteiger partial charge in [0.1, 0.15) is 69.9 Å². The zero-order valence-electron chi connectivity index (χ0n) is 74.2. The Bertz CT molecular complexity index is 4810. The molecule has 0 heterocycles. The molecule has 0 aromatic heterocycles. The van der Waals surface area contributed by atoms with Crippen LogP contribution in [-0.4, -0.2) is 121 Å². The Labute approximate surface area is 726 Å². The lowest BCUT2D eigenvalue weighted by atomic mass is 10.0. The second kappa shape index (κ2) is 74.7. The first-order valence-corrected chi connectivity index (χ1v) is 35.9. The molecule has 0 fully saturated rings. The number of methoxy groups -OCH3 is 6.